The SMILES string of the molecule is Cc1[nH]c2c(F)cccc2c1CC(=O)NC1C=CS(=O)(=O)C1. The largest absolute Gasteiger partial charge is 0.356 e. The van der Waals surface area contributed by atoms with Crippen molar-refractivity contribution < 1.29 is 17.6 Å². The van der Waals surface area contributed by atoms with Gasteiger partial charge in [0, 0.05) is 16.5 Å². The fraction of sp³-hybridized carbons (Fsp3) is 0.267. The normalized spacial score (nSPS) is 19.6. The maximum absolute atomic E-state index is 13.7. The van der Waals surface area contributed by atoms with E-state index in [2.05, 4.69) is 10.3 Å². The van der Waals surface area contributed by atoms with Crippen LogP contribution in [0.15, 0.2) is 29.7 Å². The number of fused-ring (bicyclic) bond motifs is 1. The number of sulfone groups is 1. The zero-order valence-corrected chi connectivity index (χ0v) is 12.7. The summed E-state index contributed by atoms with van der Waals surface area (Å²) in [6.45, 7) is 1.78. The predicted octanol–water partition coefficient (Wildman–Crippen LogP) is 1.58. The van der Waals surface area contributed by atoms with Crippen LogP contribution in [0.5, 0.6) is 0 Å². The molecule has 0 saturated carbocycles. The van der Waals surface area contributed by atoms with Crippen molar-refractivity contribution in [3.8, 4) is 0 Å². The highest BCUT2D eigenvalue weighted by atomic mass is 32.2. The van der Waals surface area contributed by atoms with Crippen LogP contribution >= 0.6 is 0 Å². The molecule has 1 aliphatic heterocycles. The van der Waals surface area contributed by atoms with Crippen LogP contribution < -0.4 is 5.32 Å². The summed E-state index contributed by atoms with van der Waals surface area (Å²) in [6, 6.07) is 4.21. The van der Waals surface area contributed by atoms with Gasteiger partial charge in [-0.1, -0.05) is 12.1 Å². The highest BCUT2D eigenvalue weighted by Crippen LogP contribution is 2.24. The van der Waals surface area contributed by atoms with Gasteiger partial charge in [-0.2, -0.15) is 0 Å². The molecule has 2 aromatic rings. The number of H-pyrrole nitrogens is 1. The van der Waals surface area contributed by atoms with Crippen LogP contribution in [0.2, 0.25) is 0 Å². The molecular weight excluding hydrogens is 307 g/mol. The van der Waals surface area contributed by atoms with E-state index in [0.717, 1.165) is 16.7 Å². The number of aromatic amines is 1. The average Bonchev–Trinajstić information content (AvgIpc) is 2.92. The number of hydrogen-bond acceptors (Lipinski definition) is 3. The van der Waals surface area contributed by atoms with Crippen LogP contribution in [0.3, 0.4) is 0 Å². The first kappa shape index (κ1) is 14.8. The molecular formula is C15H15FN2O3S. The standard InChI is InChI=1S/C15H15FN2O3S/c1-9-12(11-3-2-4-13(16)15(11)17-9)7-14(19)18-10-5-6-22(20,21)8-10/h2-6,10,17H,7-8H2,1H3,(H,18,19). The van der Waals surface area contributed by atoms with Crippen LogP contribution in [0.4, 0.5) is 4.39 Å². The minimum absolute atomic E-state index is 0.0691. The molecule has 1 aromatic carbocycles. The first-order chi connectivity index (χ1) is 10.4. The Labute approximate surface area is 127 Å². The quantitative estimate of drug-likeness (QED) is 0.900. The van der Waals surface area contributed by atoms with Crippen molar-refractivity contribution in [2.75, 3.05) is 5.75 Å². The molecule has 0 saturated heterocycles. The van der Waals surface area contributed by atoms with Gasteiger partial charge in [0.2, 0.25) is 5.91 Å². The molecule has 1 aromatic heterocycles. The fourth-order valence-electron chi connectivity index (χ4n) is 2.68. The van der Waals surface area contributed by atoms with E-state index < -0.39 is 15.9 Å². The summed E-state index contributed by atoms with van der Waals surface area (Å²) in [4.78, 5) is 15.1. The summed E-state index contributed by atoms with van der Waals surface area (Å²) in [6.07, 6.45) is 1.54. The maximum Gasteiger partial charge on any atom is 0.225 e. The zero-order chi connectivity index (χ0) is 15.9. The number of rotatable bonds is 3. The topological polar surface area (TPSA) is 79.0 Å². The number of aryl methyl sites for hydroxylation is 1. The zero-order valence-electron chi connectivity index (χ0n) is 11.9. The van der Waals surface area contributed by atoms with Gasteiger partial charge >= 0.3 is 0 Å². The number of amides is 1. The van der Waals surface area contributed by atoms with Crippen molar-refractivity contribution in [2.24, 2.45) is 0 Å². The first-order valence-electron chi connectivity index (χ1n) is 6.82. The Balaban J connectivity index is 1.79. The molecule has 116 valence electrons. The fourth-order valence-corrected chi connectivity index (χ4v) is 3.91. The van der Waals surface area contributed by atoms with Gasteiger partial charge in [0.15, 0.2) is 9.84 Å². The predicted molar refractivity (Wildman–Crippen MR) is 81.6 cm³/mol. The lowest BCUT2D eigenvalue weighted by atomic mass is 10.1. The lowest BCUT2D eigenvalue weighted by molar-refractivity contribution is -0.120. The molecule has 7 heteroatoms. The van der Waals surface area contributed by atoms with Crippen molar-refractivity contribution in [1.82, 2.24) is 10.3 Å². The highest BCUT2D eigenvalue weighted by Gasteiger charge is 2.23. The van der Waals surface area contributed by atoms with E-state index in [9.17, 15) is 17.6 Å². The van der Waals surface area contributed by atoms with E-state index in [0.29, 0.717) is 10.9 Å². The number of halogens is 1. The Bertz CT molecular complexity index is 884. The van der Waals surface area contributed by atoms with Gasteiger partial charge in [-0.15, -0.1) is 0 Å². The molecule has 0 bridgehead atoms. The molecule has 0 radical (unpaired) electrons. The average molecular weight is 322 g/mol. The second kappa shape index (κ2) is 5.24. The summed E-state index contributed by atoms with van der Waals surface area (Å²) >= 11 is 0. The van der Waals surface area contributed by atoms with Crippen molar-refractivity contribution in [3.05, 3.63) is 46.8 Å². The molecule has 22 heavy (non-hydrogen) atoms. The number of hydrogen-bond donors (Lipinski definition) is 2. The summed E-state index contributed by atoms with van der Waals surface area (Å²) in [5, 5.41) is 4.45. The molecule has 2 N–H and O–H groups in total. The third-order valence-electron chi connectivity index (χ3n) is 3.72. The second-order valence-electron chi connectivity index (χ2n) is 5.40. The van der Waals surface area contributed by atoms with Crippen molar-refractivity contribution in [2.45, 2.75) is 19.4 Å². The highest BCUT2D eigenvalue weighted by molar-refractivity contribution is 7.94. The molecule has 1 amide bonds. The van der Waals surface area contributed by atoms with Gasteiger partial charge in [-0.05, 0) is 24.6 Å². The monoisotopic (exact) mass is 322 g/mol. The van der Waals surface area contributed by atoms with E-state index in [1.165, 1.54) is 12.1 Å². The Kier molecular flexibility index (Phi) is 3.52. The molecule has 0 aliphatic carbocycles. The summed E-state index contributed by atoms with van der Waals surface area (Å²) < 4.78 is 36.4. The molecule has 0 fully saturated rings. The Morgan fingerprint density at radius 3 is 2.91 bits per heavy atom. The number of benzene rings is 1. The number of carbonyl (C=O) groups excluding carboxylic acids is 1. The van der Waals surface area contributed by atoms with Gasteiger partial charge in [0.1, 0.15) is 5.82 Å². The van der Waals surface area contributed by atoms with Crippen LogP contribution in [0.25, 0.3) is 10.9 Å². The Hall–Kier alpha value is -2.15. The third kappa shape index (κ3) is 2.76. The van der Waals surface area contributed by atoms with E-state index in [1.54, 1.807) is 19.1 Å². The lowest BCUT2D eigenvalue weighted by Crippen LogP contribution is -2.36. The van der Waals surface area contributed by atoms with Crippen molar-refractivity contribution in [3.63, 3.8) is 0 Å². The minimum Gasteiger partial charge on any atom is -0.356 e. The van der Waals surface area contributed by atoms with Gasteiger partial charge in [-0.25, -0.2) is 12.8 Å². The second-order valence-corrected chi connectivity index (χ2v) is 7.33. The van der Waals surface area contributed by atoms with Crippen LogP contribution in [0.1, 0.15) is 11.3 Å². The molecule has 0 spiro atoms. The first-order valence-corrected chi connectivity index (χ1v) is 8.53. The third-order valence-corrected chi connectivity index (χ3v) is 5.11. The Morgan fingerprint density at radius 1 is 1.45 bits per heavy atom. The van der Waals surface area contributed by atoms with E-state index in [-0.39, 0.29) is 23.9 Å². The smallest absolute Gasteiger partial charge is 0.225 e. The van der Waals surface area contributed by atoms with Crippen molar-refractivity contribution >= 4 is 26.6 Å². The van der Waals surface area contributed by atoms with Gasteiger partial charge < -0.3 is 10.3 Å². The molecule has 1 unspecified atom stereocenters. The molecule has 3 rings (SSSR count). The number of carbonyl (C=O) groups is 1. The van der Waals surface area contributed by atoms with Crippen molar-refractivity contribution in [1.29, 1.82) is 0 Å². The number of aromatic nitrogens is 1. The molecule has 1 atom stereocenters. The van der Waals surface area contributed by atoms with Crippen LogP contribution in [-0.4, -0.2) is 31.1 Å². The lowest BCUT2D eigenvalue weighted by Gasteiger charge is -2.10. The van der Waals surface area contributed by atoms with Crippen LogP contribution in [-0.2, 0) is 21.1 Å². The summed E-state index contributed by atoms with van der Waals surface area (Å²) in [7, 11) is -3.20. The van der Waals surface area contributed by atoms with Crippen LogP contribution in [0, 0.1) is 12.7 Å². The van der Waals surface area contributed by atoms with Gasteiger partial charge in [0.25, 0.3) is 0 Å². The molecule has 5 nitrogen and oxygen atoms in total. The summed E-state index contributed by atoms with van der Waals surface area (Å²) in [5.41, 5.74) is 1.83. The van der Waals surface area contributed by atoms with Gasteiger partial charge in [0.05, 0.1) is 23.7 Å². The van der Waals surface area contributed by atoms with E-state index >= 15 is 0 Å². The van der Waals surface area contributed by atoms with Gasteiger partial charge in [-0.3, -0.25) is 4.79 Å². The molecule has 2 heterocycles. The van der Waals surface area contributed by atoms with E-state index in [4.69, 9.17) is 0 Å². The Morgan fingerprint density at radius 2 is 2.23 bits per heavy atom. The van der Waals surface area contributed by atoms with E-state index in [1.807, 2.05) is 0 Å². The summed E-state index contributed by atoms with van der Waals surface area (Å²) in [5.74, 6) is -0.766. The number of para-hydroxylation sites is 1. The number of nitrogens with one attached hydrogen (secondary N) is 2. The maximum atomic E-state index is 13.7. The minimum atomic E-state index is -3.20. The molecule has 1 aliphatic rings.